The number of furan rings is 1. The monoisotopic (exact) mass is 583 g/mol. The molecule has 1 N–H and O–H groups in total. The molecule has 0 atom stereocenters. The van der Waals surface area contributed by atoms with Gasteiger partial charge in [-0.3, -0.25) is 0 Å². The van der Waals surface area contributed by atoms with E-state index in [2.05, 4.69) is 15.5 Å². The second-order valence-corrected chi connectivity index (χ2v) is 11.9. The van der Waals surface area contributed by atoms with E-state index >= 15 is 0 Å². The summed E-state index contributed by atoms with van der Waals surface area (Å²) in [5.74, 6) is 0.934. The summed E-state index contributed by atoms with van der Waals surface area (Å²) < 4.78 is 35.2. The van der Waals surface area contributed by atoms with Crippen molar-refractivity contribution in [2.75, 3.05) is 19.8 Å². The van der Waals surface area contributed by atoms with Crippen molar-refractivity contribution in [1.82, 2.24) is 15.5 Å². The quantitative estimate of drug-likeness (QED) is 0.243. The second kappa shape index (κ2) is 11.0. The predicted molar refractivity (Wildman–Crippen MR) is 153 cm³/mol. The van der Waals surface area contributed by atoms with Gasteiger partial charge in [0.1, 0.15) is 28.2 Å². The first-order valence-electron chi connectivity index (χ1n) is 13.5. The Bertz CT molecular complexity index is 1540. The van der Waals surface area contributed by atoms with Gasteiger partial charge in [0.25, 0.3) is 0 Å². The van der Waals surface area contributed by atoms with Crippen LogP contribution in [0.15, 0.2) is 51.3 Å². The number of nitrogens with zero attached hydrogens (tertiary/aromatic N) is 2. The average molecular weight is 584 g/mol. The predicted octanol–water partition coefficient (Wildman–Crippen LogP) is 7.09. The topological polar surface area (TPSA) is 118 Å². The lowest BCUT2D eigenvalue weighted by Crippen LogP contribution is -2.59. The lowest BCUT2D eigenvalue weighted by Gasteiger charge is -2.42. The van der Waals surface area contributed by atoms with Gasteiger partial charge in [0.2, 0.25) is 11.8 Å². The lowest BCUT2D eigenvalue weighted by molar-refractivity contribution is -0.274. The molecule has 3 heterocycles. The van der Waals surface area contributed by atoms with Gasteiger partial charge < -0.3 is 33.1 Å². The van der Waals surface area contributed by atoms with Crippen LogP contribution in [0, 0.1) is 0 Å². The zero-order chi connectivity index (χ0) is 29.4. The summed E-state index contributed by atoms with van der Waals surface area (Å²) in [4.78, 5) is 12.8. The molecule has 2 aromatic carbocycles. The number of alkyl carbamates (subject to hydrolysis) is 1. The molecule has 1 amide bonds. The number of hydrogen-bond donors (Lipinski definition) is 1. The van der Waals surface area contributed by atoms with E-state index in [0.717, 1.165) is 11.8 Å². The Morgan fingerprint density at radius 3 is 2.29 bits per heavy atom. The largest absolute Gasteiger partial charge is 0.492 e. The summed E-state index contributed by atoms with van der Waals surface area (Å²) >= 11 is 6.38. The molecule has 0 unspecified atom stereocenters. The molecular weight excluding hydrogens is 550 g/mol. The van der Waals surface area contributed by atoms with Crippen molar-refractivity contribution in [3.05, 3.63) is 53.2 Å². The Morgan fingerprint density at radius 1 is 1.00 bits per heavy atom. The van der Waals surface area contributed by atoms with Crippen molar-refractivity contribution in [3.8, 4) is 28.7 Å². The SMILES string of the molecule is CCCOc1ccc(-c2nnc(-c3ccc4oc(C5(NC(=O)OC(C)(C)C)COC(C)(C)OC5)cc4c3)o2)cc1Cl. The molecule has 0 spiro atoms. The summed E-state index contributed by atoms with van der Waals surface area (Å²) in [5, 5.41) is 12.6. The molecule has 1 aliphatic heterocycles. The third-order valence-corrected chi connectivity index (χ3v) is 6.67. The van der Waals surface area contributed by atoms with Gasteiger partial charge in [0.15, 0.2) is 5.79 Å². The summed E-state index contributed by atoms with van der Waals surface area (Å²) in [6.07, 6.45) is 0.281. The second-order valence-electron chi connectivity index (χ2n) is 11.5. The summed E-state index contributed by atoms with van der Waals surface area (Å²) in [6, 6.07) is 12.7. The van der Waals surface area contributed by atoms with Crippen LogP contribution in [0.25, 0.3) is 33.9 Å². The molecule has 11 heteroatoms. The van der Waals surface area contributed by atoms with Crippen molar-refractivity contribution in [2.45, 2.75) is 64.9 Å². The highest BCUT2D eigenvalue weighted by Gasteiger charge is 2.46. The Morgan fingerprint density at radius 2 is 1.66 bits per heavy atom. The normalized spacial score (nSPS) is 16.5. The van der Waals surface area contributed by atoms with Crippen molar-refractivity contribution in [1.29, 1.82) is 0 Å². The van der Waals surface area contributed by atoms with Gasteiger partial charge in [-0.05, 0) is 83.5 Å². The van der Waals surface area contributed by atoms with Crippen molar-refractivity contribution >= 4 is 28.7 Å². The fourth-order valence-electron chi connectivity index (χ4n) is 4.28. The van der Waals surface area contributed by atoms with E-state index < -0.39 is 23.0 Å². The molecule has 41 heavy (non-hydrogen) atoms. The average Bonchev–Trinajstić information content (AvgIpc) is 3.56. The van der Waals surface area contributed by atoms with E-state index in [9.17, 15) is 4.79 Å². The number of nitrogens with one attached hydrogen (secondary N) is 1. The lowest BCUT2D eigenvalue weighted by atomic mass is 9.96. The number of benzene rings is 2. The van der Waals surface area contributed by atoms with E-state index in [4.69, 9.17) is 39.4 Å². The number of fused-ring (bicyclic) bond motifs is 1. The molecule has 0 aliphatic carbocycles. The first-order valence-corrected chi connectivity index (χ1v) is 13.8. The molecule has 2 aromatic heterocycles. The highest BCUT2D eigenvalue weighted by molar-refractivity contribution is 6.32. The van der Waals surface area contributed by atoms with Crippen molar-refractivity contribution in [3.63, 3.8) is 0 Å². The van der Waals surface area contributed by atoms with Gasteiger partial charge in [-0.15, -0.1) is 10.2 Å². The molecule has 0 saturated carbocycles. The molecule has 0 bridgehead atoms. The molecule has 4 aromatic rings. The van der Waals surface area contributed by atoms with Crippen LogP contribution in [0.3, 0.4) is 0 Å². The van der Waals surface area contributed by atoms with E-state index in [0.29, 0.717) is 51.6 Å². The molecule has 1 fully saturated rings. The number of hydrogen-bond acceptors (Lipinski definition) is 9. The molecule has 218 valence electrons. The highest BCUT2D eigenvalue weighted by atomic mass is 35.5. The Kier molecular flexibility index (Phi) is 7.76. The van der Waals surface area contributed by atoms with Gasteiger partial charge in [-0.25, -0.2) is 4.79 Å². The minimum atomic E-state index is -1.10. The van der Waals surface area contributed by atoms with Crippen molar-refractivity contribution < 1.29 is 32.6 Å². The van der Waals surface area contributed by atoms with Crippen LogP contribution in [-0.2, 0) is 19.7 Å². The van der Waals surface area contributed by atoms with Crippen LogP contribution >= 0.6 is 11.6 Å². The van der Waals surface area contributed by atoms with Gasteiger partial charge in [0, 0.05) is 16.5 Å². The van der Waals surface area contributed by atoms with E-state index in [1.807, 2.05) is 51.1 Å². The third-order valence-electron chi connectivity index (χ3n) is 6.37. The number of carbonyl (C=O) groups excluding carboxylic acids is 1. The molecule has 1 saturated heterocycles. The smallest absolute Gasteiger partial charge is 0.408 e. The van der Waals surface area contributed by atoms with Gasteiger partial charge in [-0.2, -0.15) is 0 Å². The highest BCUT2D eigenvalue weighted by Crippen LogP contribution is 2.37. The number of carbonyl (C=O) groups is 1. The van der Waals surface area contributed by atoms with Crippen LogP contribution in [0.5, 0.6) is 5.75 Å². The van der Waals surface area contributed by atoms with E-state index in [1.54, 1.807) is 32.9 Å². The number of halogens is 1. The maximum Gasteiger partial charge on any atom is 0.408 e. The van der Waals surface area contributed by atoms with Gasteiger partial charge in [-0.1, -0.05) is 18.5 Å². The molecule has 5 rings (SSSR count). The minimum absolute atomic E-state index is 0.129. The Labute approximate surface area is 243 Å². The third kappa shape index (κ3) is 6.50. The van der Waals surface area contributed by atoms with E-state index in [1.165, 1.54) is 0 Å². The molecule has 1 aliphatic rings. The zero-order valence-corrected chi connectivity index (χ0v) is 24.8. The summed E-state index contributed by atoms with van der Waals surface area (Å²) in [5.41, 5.74) is 0.209. The first-order chi connectivity index (χ1) is 19.4. The molecule has 10 nitrogen and oxygen atoms in total. The number of ether oxygens (including phenoxy) is 4. The maximum atomic E-state index is 12.8. The van der Waals surface area contributed by atoms with Crippen LogP contribution in [-0.4, -0.2) is 47.5 Å². The summed E-state index contributed by atoms with van der Waals surface area (Å²) in [6.45, 7) is 11.9. The number of aromatic nitrogens is 2. The van der Waals surface area contributed by atoms with Crippen LogP contribution in [0.2, 0.25) is 5.02 Å². The van der Waals surface area contributed by atoms with Crippen molar-refractivity contribution in [2.24, 2.45) is 0 Å². The maximum absolute atomic E-state index is 12.8. The zero-order valence-electron chi connectivity index (χ0n) is 24.0. The number of amides is 1. The fourth-order valence-corrected chi connectivity index (χ4v) is 4.52. The van der Waals surface area contributed by atoms with Gasteiger partial charge >= 0.3 is 6.09 Å². The van der Waals surface area contributed by atoms with Crippen LogP contribution < -0.4 is 10.1 Å². The first kappa shape index (κ1) is 28.9. The Balaban J connectivity index is 1.42. The Hall–Kier alpha value is -3.60. The van der Waals surface area contributed by atoms with Gasteiger partial charge in [0.05, 0.1) is 24.8 Å². The van der Waals surface area contributed by atoms with Crippen LogP contribution in [0.4, 0.5) is 4.79 Å². The molecular formula is C30H34ClN3O7. The van der Waals surface area contributed by atoms with E-state index in [-0.39, 0.29) is 13.2 Å². The number of rotatable bonds is 7. The fraction of sp³-hybridized carbons (Fsp3) is 0.433. The van der Waals surface area contributed by atoms with Crippen LogP contribution in [0.1, 0.15) is 53.7 Å². The standard InChI is InChI=1S/C30H34ClN3O7/c1-7-12-36-23-11-9-19(14-21(23)31)26-34-33-25(40-26)18-8-10-22-20(13-18)15-24(39-22)30(16-37-29(5,6)38-17-30)32-27(35)41-28(2,3)4/h8-11,13-15H,7,12,16-17H2,1-6H3,(H,32,35). The molecule has 0 radical (unpaired) electrons. The minimum Gasteiger partial charge on any atom is -0.492 e. The summed E-state index contributed by atoms with van der Waals surface area (Å²) in [7, 11) is 0.